The molecule has 1 aromatic heterocycles. The number of aromatic nitrogens is 2. The zero-order valence-corrected chi connectivity index (χ0v) is 14.5. The first-order valence-corrected chi connectivity index (χ1v) is 8.05. The van der Waals surface area contributed by atoms with E-state index in [1.54, 1.807) is 24.3 Å². The predicted molar refractivity (Wildman–Crippen MR) is 97.0 cm³/mol. The molecule has 7 heteroatoms. The highest BCUT2D eigenvalue weighted by Crippen LogP contribution is 2.32. The fraction of sp³-hybridized carbons (Fsp3) is 0.0588. The third-order valence-corrected chi connectivity index (χ3v) is 4.13. The highest BCUT2D eigenvalue weighted by molar-refractivity contribution is 6.37. The summed E-state index contributed by atoms with van der Waals surface area (Å²) >= 11 is 18.4. The van der Waals surface area contributed by atoms with Crippen LogP contribution in [0.5, 0.6) is 0 Å². The first-order valence-electron chi connectivity index (χ1n) is 6.92. The van der Waals surface area contributed by atoms with Crippen LogP contribution >= 0.6 is 34.8 Å². The number of rotatable bonds is 4. The highest BCUT2D eigenvalue weighted by Gasteiger charge is 2.15. The second kappa shape index (κ2) is 6.85. The van der Waals surface area contributed by atoms with Gasteiger partial charge in [-0.25, -0.2) is 9.78 Å². The van der Waals surface area contributed by atoms with E-state index < -0.39 is 5.97 Å². The van der Waals surface area contributed by atoms with Gasteiger partial charge in [0, 0.05) is 10.6 Å². The smallest absolute Gasteiger partial charge is 0.338 e. The Bertz CT molecular complexity index is 950. The monoisotopic (exact) mass is 380 g/mol. The molecule has 0 spiro atoms. The van der Waals surface area contributed by atoms with E-state index in [2.05, 4.69) is 16.5 Å². The average molecular weight is 382 g/mol. The number of esters is 1. The maximum absolute atomic E-state index is 12.0. The molecule has 0 aliphatic carbocycles. The molecule has 122 valence electrons. The average Bonchev–Trinajstić information content (AvgIpc) is 2.96. The molecule has 3 aromatic rings. The standard InChI is InChI=1S/C17H11Cl3N2O2/c1-2-5-24-17(23)9-6-13(20)15-14(7-9)21-16(22-15)11-4-3-10(18)8-12(11)19/h2-4,6-8H,1,5H2,(H,21,22). The van der Waals surface area contributed by atoms with Crippen LogP contribution in [0.3, 0.4) is 0 Å². The number of nitrogens with zero attached hydrogens (tertiary/aromatic N) is 1. The zero-order valence-electron chi connectivity index (χ0n) is 12.3. The lowest BCUT2D eigenvalue weighted by Crippen LogP contribution is -2.04. The Morgan fingerprint density at radius 1 is 1.21 bits per heavy atom. The van der Waals surface area contributed by atoms with E-state index in [0.717, 1.165) is 0 Å². The van der Waals surface area contributed by atoms with Crippen molar-refractivity contribution in [2.24, 2.45) is 0 Å². The predicted octanol–water partition coefficient (Wildman–Crippen LogP) is 5.53. The lowest BCUT2D eigenvalue weighted by atomic mass is 10.2. The minimum absolute atomic E-state index is 0.128. The number of aromatic amines is 1. The van der Waals surface area contributed by atoms with Crippen molar-refractivity contribution < 1.29 is 9.53 Å². The number of H-pyrrole nitrogens is 1. The van der Waals surface area contributed by atoms with Gasteiger partial charge in [-0.05, 0) is 30.3 Å². The van der Waals surface area contributed by atoms with E-state index >= 15 is 0 Å². The van der Waals surface area contributed by atoms with Gasteiger partial charge in [-0.1, -0.05) is 47.5 Å². The SMILES string of the molecule is C=CCOC(=O)c1cc(Cl)c2nc(-c3ccc(Cl)cc3Cl)[nH]c2c1. The number of carbonyl (C=O) groups is 1. The number of carbonyl (C=O) groups excluding carboxylic acids is 1. The molecule has 0 radical (unpaired) electrons. The zero-order chi connectivity index (χ0) is 17.3. The number of halogens is 3. The van der Waals surface area contributed by atoms with Gasteiger partial charge in [-0.15, -0.1) is 0 Å². The molecule has 0 amide bonds. The third kappa shape index (κ3) is 3.26. The van der Waals surface area contributed by atoms with Crippen molar-refractivity contribution in [3.63, 3.8) is 0 Å². The number of hydrogen-bond donors (Lipinski definition) is 1. The van der Waals surface area contributed by atoms with Crippen LogP contribution in [0.4, 0.5) is 0 Å². The van der Waals surface area contributed by atoms with E-state index in [1.165, 1.54) is 12.1 Å². The number of ether oxygens (including phenoxy) is 1. The summed E-state index contributed by atoms with van der Waals surface area (Å²) in [5, 5.41) is 1.33. The van der Waals surface area contributed by atoms with Crippen molar-refractivity contribution in [1.29, 1.82) is 0 Å². The number of nitrogens with one attached hydrogen (secondary N) is 1. The fourth-order valence-corrected chi connectivity index (χ4v) is 2.98. The molecule has 1 N–H and O–H groups in total. The first kappa shape index (κ1) is 16.8. The van der Waals surface area contributed by atoms with E-state index in [-0.39, 0.29) is 6.61 Å². The normalized spacial score (nSPS) is 10.8. The van der Waals surface area contributed by atoms with Crippen molar-refractivity contribution in [2.45, 2.75) is 0 Å². The Hall–Kier alpha value is -2.01. The molecule has 4 nitrogen and oxygen atoms in total. The first-order chi connectivity index (χ1) is 11.5. The van der Waals surface area contributed by atoms with Crippen molar-refractivity contribution in [3.05, 3.63) is 63.6 Å². The van der Waals surface area contributed by atoms with E-state index in [9.17, 15) is 4.79 Å². The summed E-state index contributed by atoms with van der Waals surface area (Å²) in [7, 11) is 0. The number of fused-ring (bicyclic) bond motifs is 1. The quantitative estimate of drug-likeness (QED) is 0.477. The fourth-order valence-electron chi connectivity index (χ4n) is 2.22. The molecular weight excluding hydrogens is 371 g/mol. The molecule has 0 fully saturated rings. The molecule has 0 aliphatic heterocycles. The van der Waals surface area contributed by atoms with Crippen LogP contribution in [0.1, 0.15) is 10.4 Å². The topological polar surface area (TPSA) is 55.0 Å². The Morgan fingerprint density at radius 3 is 2.71 bits per heavy atom. The minimum Gasteiger partial charge on any atom is -0.458 e. The molecule has 1 heterocycles. The van der Waals surface area contributed by atoms with Crippen molar-refractivity contribution in [3.8, 4) is 11.4 Å². The third-order valence-electron chi connectivity index (χ3n) is 3.29. The lowest BCUT2D eigenvalue weighted by Gasteiger charge is -2.02. The second-order valence-electron chi connectivity index (χ2n) is 4.95. The van der Waals surface area contributed by atoms with Gasteiger partial charge in [0.25, 0.3) is 0 Å². The number of imidazole rings is 1. The maximum atomic E-state index is 12.0. The maximum Gasteiger partial charge on any atom is 0.338 e. The van der Waals surface area contributed by atoms with E-state index in [1.807, 2.05) is 0 Å². The Kier molecular flexibility index (Phi) is 4.81. The Labute approximate surface area is 153 Å². The summed E-state index contributed by atoms with van der Waals surface area (Å²) in [4.78, 5) is 19.5. The second-order valence-corrected chi connectivity index (χ2v) is 6.20. The molecule has 0 saturated carbocycles. The summed E-state index contributed by atoms with van der Waals surface area (Å²) in [6.07, 6.45) is 1.49. The van der Waals surface area contributed by atoms with Gasteiger partial charge in [-0.2, -0.15) is 0 Å². The molecule has 24 heavy (non-hydrogen) atoms. The molecule has 2 aromatic carbocycles. The summed E-state index contributed by atoms with van der Waals surface area (Å²) in [5.41, 5.74) is 2.16. The van der Waals surface area contributed by atoms with Crippen LogP contribution in [-0.4, -0.2) is 22.5 Å². The number of benzene rings is 2. The van der Waals surface area contributed by atoms with Gasteiger partial charge in [-0.3, -0.25) is 0 Å². The van der Waals surface area contributed by atoms with Gasteiger partial charge in [0.15, 0.2) is 0 Å². The minimum atomic E-state index is -0.487. The van der Waals surface area contributed by atoms with Crippen LogP contribution in [0, 0.1) is 0 Å². The summed E-state index contributed by atoms with van der Waals surface area (Å²) in [6, 6.07) is 8.26. The summed E-state index contributed by atoms with van der Waals surface area (Å²) < 4.78 is 5.02. The van der Waals surface area contributed by atoms with Crippen LogP contribution in [0.2, 0.25) is 15.1 Å². The molecule has 0 saturated heterocycles. The van der Waals surface area contributed by atoms with Gasteiger partial charge in [0.2, 0.25) is 0 Å². The molecular formula is C17H11Cl3N2O2. The molecule has 0 atom stereocenters. The molecule has 3 rings (SSSR count). The van der Waals surface area contributed by atoms with Crippen LogP contribution < -0.4 is 0 Å². The van der Waals surface area contributed by atoms with Gasteiger partial charge in [0.05, 0.1) is 21.1 Å². The summed E-state index contributed by atoms with van der Waals surface area (Å²) in [6.45, 7) is 3.63. The summed E-state index contributed by atoms with van der Waals surface area (Å²) in [5.74, 6) is 0.0459. The molecule has 0 bridgehead atoms. The van der Waals surface area contributed by atoms with Crippen LogP contribution in [0.25, 0.3) is 22.4 Å². The van der Waals surface area contributed by atoms with Crippen molar-refractivity contribution in [1.82, 2.24) is 9.97 Å². The Morgan fingerprint density at radius 2 is 2.00 bits per heavy atom. The largest absolute Gasteiger partial charge is 0.458 e. The molecule has 0 unspecified atom stereocenters. The molecule has 0 aliphatic rings. The highest BCUT2D eigenvalue weighted by atomic mass is 35.5. The van der Waals surface area contributed by atoms with Gasteiger partial charge < -0.3 is 9.72 Å². The Balaban J connectivity index is 2.06. The van der Waals surface area contributed by atoms with Crippen molar-refractivity contribution >= 4 is 51.8 Å². The van der Waals surface area contributed by atoms with Crippen LogP contribution in [0.15, 0.2) is 43.0 Å². The van der Waals surface area contributed by atoms with E-state index in [0.29, 0.717) is 43.1 Å². The number of hydrogen-bond acceptors (Lipinski definition) is 3. The van der Waals surface area contributed by atoms with Gasteiger partial charge >= 0.3 is 5.97 Å². The van der Waals surface area contributed by atoms with Crippen LogP contribution in [-0.2, 0) is 4.74 Å². The lowest BCUT2D eigenvalue weighted by molar-refractivity contribution is 0.0550. The van der Waals surface area contributed by atoms with Crippen molar-refractivity contribution in [2.75, 3.05) is 6.61 Å². The van der Waals surface area contributed by atoms with Gasteiger partial charge in [0.1, 0.15) is 17.9 Å². The van der Waals surface area contributed by atoms with E-state index in [4.69, 9.17) is 39.5 Å².